The molecule has 0 fully saturated rings. The van der Waals surface area contributed by atoms with Gasteiger partial charge in [0.15, 0.2) is 0 Å². The average Bonchev–Trinajstić information content (AvgIpc) is 4.14. The number of hydrogen-bond acceptors (Lipinski definition) is 2. The van der Waals surface area contributed by atoms with Gasteiger partial charge in [-0.25, -0.2) is 4.98 Å². The van der Waals surface area contributed by atoms with Gasteiger partial charge in [-0.15, -0.1) is 0 Å². The zero-order valence-corrected chi connectivity index (χ0v) is 40.0. The van der Waals surface area contributed by atoms with Gasteiger partial charge < -0.3 is 9.14 Å². The van der Waals surface area contributed by atoms with E-state index in [-0.39, 0.29) is 0 Å². The molecule has 0 aliphatic carbocycles. The third kappa shape index (κ3) is 6.52. The maximum Gasteiger partial charge on any atom is 0.269 e. The van der Waals surface area contributed by atoms with E-state index in [1.165, 1.54) is 5.39 Å². The van der Waals surface area contributed by atoms with Crippen LogP contribution in [0.3, 0.4) is 0 Å². The van der Waals surface area contributed by atoms with Crippen LogP contribution in [-0.2, 0) is 0 Å². The van der Waals surface area contributed by atoms with E-state index in [2.05, 4.69) is 279 Å². The molecule has 0 saturated carbocycles. The van der Waals surface area contributed by atoms with Gasteiger partial charge in [0.1, 0.15) is 17.3 Å². The molecule has 0 amide bonds. The van der Waals surface area contributed by atoms with E-state index in [1.54, 1.807) is 0 Å². The fourth-order valence-corrected chi connectivity index (χ4v) is 11.5. The van der Waals surface area contributed by atoms with Crippen LogP contribution in [-0.4, -0.2) is 18.5 Å². The number of benzene rings is 11. The molecule has 4 heterocycles. The van der Waals surface area contributed by atoms with Crippen LogP contribution in [0.4, 0.5) is 0 Å². The van der Waals surface area contributed by atoms with E-state index in [9.17, 15) is 0 Å². The number of ether oxygens (including phenoxy) is 1. The van der Waals surface area contributed by atoms with Crippen molar-refractivity contribution in [3.05, 3.63) is 267 Å². The standard InChI is InChI=1S/C68H43N5O/c1-3-20-45(21-4-1)50-31-18-32-51(46-22-5-2-6-23-46)66(50)71-44-70(63-38-15-16-39-64(63)71)47-24-17-25-48(42-47)74-49-40-41-56-54-28-10-14-37-62(54)73(65(56)43-49)68-58-30-8-7-26-52(58)53-27-9-12-35-60(53)72-61-36-13-11-29-55(61)57-33-19-34-59(69-68)67(57)72/h1-43H. The van der Waals surface area contributed by atoms with Crippen LogP contribution in [0.25, 0.3) is 121 Å². The van der Waals surface area contributed by atoms with Crippen LogP contribution in [0.15, 0.2) is 261 Å². The number of fused-ring (bicyclic) bond motifs is 11. The fraction of sp³-hybridized carbons (Fsp3) is 0. The molecule has 0 atom stereocenters. The third-order valence-electron chi connectivity index (χ3n) is 14.7. The van der Waals surface area contributed by atoms with Crippen molar-refractivity contribution in [3.8, 4) is 50.9 Å². The summed E-state index contributed by atoms with van der Waals surface area (Å²) in [5.74, 6) is 2.25. The lowest BCUT2D eigenvalue weighted by atomic mass is 9.95. The van der Waals surface area contributed by atoms with E-state index in [0.29, 0.717) is 11.5 Å². The van der Waals surface area contributed by atoms with E-state index in [0.717, 1.165) is 116 Å². The fourth-order valence-electron chi connectivity index (χ4n) is 11.5. The normalized spacial score (nSPS) is 11.8. The van der Waals surface area contributed by atoms with Crippen molar-refractivity contribution in [2.75, 3.05) is 0 Å². The molecule has 0 radical (unpaired) electrons. The number of rotatable bonds is 7. The van der Waals surface area contributed by atoms with Crippen LogP contribution >= 0.6 is 0 Å². The summed E-state index contributed by atoms with van der Waals surface area (Å²) >= 11 is 0. The van der Waals surface area contributed by atoms with Gasteiger partial charge in [-0.1, -0.05) is 200 Å². The molecule has 6 nitrogen and oxygen atoms in total. The number of aromatic nitrogens is 5. The minimum absolute atomic E-state index is 0.707. The molecule has 0 bridgehead atoms. The molecule has 0 aliphatic heterocycles. The number of para-hydroxylation sites is 7. The summed E-state index contributed by atoms with van der Waals surface area (Å²) in [5, 5.41) is 7.87. The molecule has 0 unspecified atom stereocenters. The molecule has 74 heavy (non-hydrogen) atoms. The Hall–Kier alpha value is -10.0. The van der Waals surface area contributed by atoms with Crippen LogP contribution in [0.1, 0.15) is 0 Å². The number of imidazole rings is 1. The first-order chi connectivity index (χ1) is 36.7. The van der Waals surface area contributed by atoms with Gasteiger partial charge in [-0.2, -0.15) is 0 Å². The van der Waals surface area contributed by atoms with Crippen molar-refractivity contribution in [1.29, 1.82) is 0 Å². The molecule has 346 valence electrons. The molecular formula is C68H43N5O. The molecular weight excluding hydrogens is 903 g/mol. The zero-order chi connectivity index (χ0) is 48.7. The lowest BCUT2D eigenvalue weighted by molar-refractivity contribution is -0.571. The summed E-state index contributed by atoms with van der Waals surface area (Å²) < 4.78 is 16.1. The first-order valence-electron chi connectivity index (χ1n) is 25.0. The molecule has 0 aliphatic rings. The van der Waals surface area contributed by atoms with Gasteiger partial charge in [0.25, 0.3) is 6.33 Å². The Morgan fingerprint density at radius 2 is 0.905 bits per heavy atom. The van der Waals surface area contributed by atoms with Gasteiger partial charge in [-0.3, -0.25) is 13.7 Å². The molecule has 15 rings (SSSR count). The van der Waals surface area contributed by atoms with E-state index in [4.69, 9.17) is 9.72 Å². The zero-order valence-electron chi connectivity index (χ0n) is 40.0. The highest BCUT2D eigenvalue weighted by molar-refractivity contribution is 6.17. The van der Waals surface area contributed by atoms with Gasteiger partial charge in [0.2, 0.25) is 0 Å². The van der Waals surface area contributed by atoms with Gasteiger partial charge in [0.05, 0.1) is 55.5 Å². The second-order valence-electron chi connectivity index (χ2n) is 18.8. The first-order valence-corrected chi connectivity index (χ1v) is 25.0. The largest absolute Gasteiger partial charge is 0.458 e. The monoisotopic (exact) mass is 945 g/mol. The highest BCUT2D eigenvalue weighted by Gasteiger charge is 2.22. The van der Waals surface area contributed by atoms with Crippen LogP contribution < -0.4 is 9.30 Å². The highest BCUT2D eigenvalue weighted by atomic mass is 16.5. The topological polar surface area (TPSA) is 40.3 Å². The molecule has 15 aromatic rings. The average molecular weight is 946 g/mol. The molecule has 0 spiro atoms. The van der Waals surface area contributed by atoms with Crippen molar-refractivity contribution in [2.24, 2.45) is 0 Å². The van der Waals surface area contributed by atoms with Gasteiger partial charge in [0, 0.05) is 38.4 Å². The van der Waals surface area contributed by atoms with Crippen molar-refractivity contribution in [2.45, 2.75) is 0 Å². The lowest BCUT2D eigenvalue weighted by Crippen LogP contribution is -2.31. The lowest BCUT2D eigenvalue weighted by Gasteiger charge is -2.17. The minimum atomic E-state index is 0.707. The predicted molar refractivity (Wildman–Crippen MR) is 303 cm³/mol. The van der Waals surface area contributed by atoms with Crippen molar-refractivity contribution in [1.82, 2.24) is 18.5 Å². The first kappa shape index (κ1) is 41.7. The number of hydrogen-bond donors (Lipinski definition) is 0. The maximum atomic E-state index is 6.96. The smallest absolute Gasteiger partial charge is 0.269 e. The third-order valence-corrected chi connectivity index (χ3v) is 14.7. The molecule has 11 aromatic carbocycles. The van der Waals surface area contributed by atoms with Crippen LogP contribution in [0.5, 0.6) is 11.5 Å². The molecule has 4 aromatic heterocycles. The molecule has 0 saturated heterocycles. The highest BCUT2D eigenvalue weighted by Crippen LogP contribution is 2.40. The number of nitrogens with zero attached hydrogens (tertiary/aromatic N) is 5. The Balaban J connectivity index is 0.914. The summed E-state index contributed by atoms with van der Waals surface area (Å²) in [5.41, 5.74) is 14.8. The summed E-state index contributed by atoms with van der Waals surface area (Å²) in [4.78, 5) is 5.80. The van der Waals surface area contributed by atoms with Crippen LogP contribution in [0.2, 0.25) is 0 Å². The van der Waals surface area contributed by atoms with E-state index >= 15 is 0 Å². The Kier molecular flexibility index (Phi) is 9.47. The molecule has 0 N–H and O–H groups in total. The maximum absolute atomic E-state index is 6.96. The molecule has 6 heteroatoms. The minimum Gasteiger partial charge on any atom is -0.458 e. The Bertz CT molecular complexity index is 4700. The summed E-state index contributed by atoms with van der Waals surface area (Å²) in [7, 11) is 0. The van der Waals surface area contributed by atoms with Gasteiger partial charge >= 0.3 is 0 Å². The predicted octanol–water partition coefficient (Wildman–Crippen LogP) is 16.8. The van der Waals surface area contributed by atoms with Crippen molar-refractivity contribution < 1.29 is 9.30 Å². The van der Waals surface area contributed by atoms with Crippen molar-refractivity contribution >= 4 is 81.8 Å². The van der Waals surface area contributed by atoms with Gasteiger partial charge in [-0.05, 0) is 82.2 Å². The SMILES string of the molecule is [c-]1n(-c2cccc(Oc3ccc4c5ccccc5n(-c5nc6cccc7c8ccccc8n(c8ccccc8c8ccccc58)c67)c4c3)c2)c2ccccc2[n+]1-c1c(-c2ccccc2)cccc1-c1ccccc1. The Morgan fingerprint density at radius 3 is 1.62 bits per heavy atom. The summed E-state index contributed by atoms with van der Waals surface area (Å²) in [6, 6.07) is 92.3. The second kappa shape index (κ2) is 16.8. The van der Waals surface area contributed by atoms with E-state index in [1.807, 2.05) is 6.07 Å². The Morgan fingerprint density at radius 1 is 0.378 bits per heavy atom. The summed E-state index contributed by atoms with van der Waals surface area (Å²) in [6.45, 7) is 0. The summed E-state index contributed by atoms with van der Waals surface area (Å²) in [6.07, 6.45) is 3.83. The van der Waals surface area contributed by atoms with Crippen LogP contribution in [0, 0.1) is 6.33 Å². The van der Waals surface area contributed by atoms with Crippen molar-refractivity contribution in [3.63, 3.8) is 0 Å². The quantitative estimate of drug-likeness (QED) is 0.118. The Labute approximate surface area is 425 Å². The second-order valence-corrected chi connectivity index (χ2v) is 18.8. The van der Waals surface area contributed by atoms with E-state index < -0.39 is 0 Å².